The number of nitrogens with one attached hydrogen (secondary N) is 1. The Labute approximate surface area is 148 Å². The molecule has 3 rings (SSSR count). The Morgan fingerprint density at radius 3 is 2.60 bits per heavy atom. The molecule has 0 fully saturated rings. The van der Waals surface area contributed by atoms with E-state index in [0.717, 1.165) is 23.5 Å². The van der Waals surface area contributed by atoms with Crippen molar-refractivity contribution in [3.8, 4) is 0 Å². The summed E-state index contributed by atoms with van der Waals surface area (Å²) in [5.41, 5.74) is 4.31. The molecule has 1 aliphatic rings. The predicted octanol–water partition coefficient (Wildman–Crippen LogP) is 3.20. The van der Waals surface area contributed by atoms with E-state index in [1.54, 1.807) is 7.11 Å². The number of hydrogen-bond acceptors (Lipinski definition) is 4. The van der Waals surface area contributed by atoms with Crippen LogP contribution in [-0.2, 0) is 27.4 Å². The minimum atomic E-state index is 0.0681. The molecular weight excluding hydrogens is 316 g/mol. The highest BCUT2D eigenvalue weighted by Gasteiger charge is 2.18. The van der Waals surface area contributed by atoms with E-state index in [0.29, 0.717) is 32.8 Å². The Morgan fingerprint density at radius 2 is 1.80 bits per heavy atom. The molecule has 1 heterocycles. The summed E-state index contributed by atoms with van der Waals surface area (Å²) in [4.78, 5) is 14.1. The standard InChI is InChI=1S/C20H24N2O3/c1-24-12-13-25-15-17-8-6-16(7-9-17)14-22-11-10-20(23)21-18-4-2-3-5-19(18)22/h2-9H,10-15H2,1H3,(H,21,23). The fraction of sp³-hybridized carbons (Fsp3) is 0.350. The molecule has 0 saturated carbocycles. The number of carbonyl (C=O) groups excluding carboxylic acids is 1. The smallest absolute Gasteiger partial charge is 0.226 e. The molecule has 0 atom stereocenters. The van der Waals surface area contributed by atoms with Crippen molar-refractivity contribution in [1.29, 1.82) is 0 Å². The predicted molar refractivity (Wildman–Crippen MR) is 98.7 cm³/mol. The van der Waals surface area contributed by atoms with Crippen molar-refractivity contribution in [3.63, 3.8) is 0 Å². The van der Waals surface area contributed by atoms with Gasteiger partial charge in [0.1, 0.15) is 0 Å². The van der Waals surface area contributed by atoms with Crippen LogP contribution < -0.4 is 10.2 Å². The Kier molecular flexibility index (Phi) is 6.04. The Balaban J connectivity index is 1.65. The molecule has 0 aromatic heterocycles. The largest absolute Gasteiger partial charge is 0.382 e. The number of benzene rings is 2. The van der Waals surface area contributed by atoms with Crippen LogP contribution >= 0.6 is 0 Å². The Hall–Kier alpha value is -2.37. The molecule has 2 aromatic carbocycles. The number of carbonyl (C=O) groups is 1. The zero-order valence-corrected chi connectivity index (χ0v) is 14.5. The summed E-state index contributed by atoms with van der Waals surface area (Å²) in [7, 11) is 1.67. The van der Waals surface area contributed by atoms with Crippen LogP contribution in [0.2, 0.25) is 0 Å². The number of rotatable bonds is 7. The van der Waals surface area contributed by atoms with E-state index in [9.17, 15) is 4.79 Å². The maximum absolute atomic E-state index is 11.9. The molecule has 0 radical (unpaired) electrons. The van der Waals surface area contributed by atoms with Crippen molar-refractivity contribution in [3.05, 3.63) is 59.7 Å². The topological polar surface area (TPSA) is 50.8 Å². The van der Waals surface area contributed by atoms with E-state index < -0.39 is 0 Å². The van der Waals surface area contributed by atoms with Gasteiger partial charge in [-0.3, -0.25) is 4.79 Å². The minimum Gasteiger partial charge on any atom is -0.382 e. The van der Waals surface area contributed by atoms with Crippen LogP contribution in [0.1, 0.15) is 17.5 Å². The third-order valence-electron chi connectivity index (χ3n) is 4.22. The van der Waals surface area contributed by atoms with Gasteiger partial charge in [0.05, 0.1) is 31.2 Å². The van der Waals surface area contributed by atoms with E-state index in [-0.39, 0.29) is 5.91 Å². The summed E-state index contributed by atoms with van der Waals surface area (Å²) in [5, 5.41) is 2.97. The van der Waals surface area contributed by atoms with E-state index in [2.05, 4.69) is 40.5 Å². The van der Waals surface area contributed by atoms with E-state index in [4.69, 9.17) is 9.47 Å². The number of nitrogens with zero attached hydrogens (tertiary/aromatic N) is 1. The number of hydrogen-bond donors (Lipinski definition) is 1. The average molecular weight is 340 g/mol. The highest BCUT2D eigenvalue weighted by Crippen LogP contribution is 2.29. The lowest BCUT2D eigenvalue weighted by atomic mass is 10.1. The number of fused-ring (bicyclic) bond motifs is 1. The number of amides is 1. The van der Waals surface area contributed by atoms with Gasteiger partial charge < -0.3 is 19.7 Å². The molecule has 1 amide bonds. The van der Waals surface area contributed by atoms with Crippen LogP contribution in [0.4, 0.5) is 11.4 Å². The van der Waals surface area contributed by atoms with Gasteiger partial charge in [-0.2, -0.15) is 0 Å². The maximum Gasteiger partial charge on any atom is 0.226 e. The van der Waals surface area contributed by atoms with E-state index in [1.807, 2.05) is 18.2 Å². The monoisotopic (exact) mass is 340 g/mol. The first-order chi connectivity index (χ1) is 12.3. The Bertz CT molecular complexity index is 700. The van der Waals surface area contributed by atoms with Crippen LogP contribution in [0.3, 0.4) is 0 Å². The number of methoxy groups -OCH3 is 1. The SMILES string of the molecule is COCCOCc1ccc(CN2CCC(=O)Nc3ccccc32)cc1. The summed E-state index contributed by atoms with van der Waals surface area (Å²) in [6.45, 7) is 3.29. The summed E-state index contributed by atoms with van der Waals surface area (Å²) in [6, 6.07) is 16.4. The number of para-hydroxylation sites is 2. The average Bonchev–Trinajstić information content (AvgIpc) is 2.79. The summed E-state index contributed by atoms with van der Waals surface area (Å²) in [6.07, 6.45) is 0.500. The fourth-order valence-electron chi connectivity index (χ4n) is 2.88. The fourth-order valence-corrected chi connectivity index (χ4v) is 2.88. The molecule has 0 aliphatic carbocycles. The first kappa shape index (κ1) is 17.5. The molecule has 0 unspecified atom stereocenters. The van der Waals surface area contributed by atoms with Crippen LogP contribution in [0.5, 0.6) is 0 Å². The van der Waals surface area contributed by atoms with Crippen molar-refractivity contribution in [2.75, 3.05) is 37.1 Å². The second-order valence-electron chi connectivity index (χ2n) is 6.10. The zero-order chi connectivity index (χ0) is 17.5. The third kappa shape index (κ3) is 4.81. The minimum absolute atomic E-state index is 0.0681. The first-order valence-corrected chi connectivity index (χ1v) is 8.54. The van der Waals surface area contributed by atoms with Gasteiger partial charge >= 0.3 is 0 Å². The highest BCUT2D eigenvalue weighted by molar-refractivity contribution is 5.96. The molecule has 5 heteroatoms. The van der Waals surface area contributed by atoms with Crippen LogP contribution in [0.15, 0.2) is 48.5 Å². The summed E-state index contributed by atoms with van der Waals surface area (Å²) in [5.74, 6) is 0.0681. The van der Waals surface area contributed by atoms with Gasteiger partial charge in [-0.05, 0) is 23.3 Å². The molecule has 25 heavy (non-hydrogen) atoms. The molecular formula is C20H24N2O3. The Morgan fingerprint density at radius 1 is 1.04 bits per heavy atom. The van der Waals surface area contributed by atoms with Crippen LogP contribution in [0.25, 0.3) is 0 Å². The summed E-state index contributed by atoms with van der Waals surface area (Å²) >= 11 is 0. The quantitative estimate of drug-likeness (QED) is 0.787. The first-order valence-electron chi connectivity index (χ1n) is 8.54. The van der Waals surface area contributed by atoms with Crippen molar-refractivity contribution in [2.45, 2.75) is 19.6 Å². The molecule has 1 aliphatic heterocycles. The number of ether oxygens (including phenoxy) is 2. The maximum atomic E-state index is 11.9. The van der Waals surface area contributed by atoms with Gasteiger partial charge in [-0.15, -0.1) is 0 Å². The molecule has 132 valence electrons. The van der Waals surface area contributed by atoms with E-state index in [1.165, 1.54) is 5.56 Å². The van der Waals surface area contributed by atoms with Crippen molar-refractivity contribution < 1.29 is 14.3 Å². The normalized spacial score (nSPS) is 14.0. The van der Waals surface area contributed by atoms with Gasteiger partial charge in [-0.25, -0.2) is 0 Å². The van der Waals surface area contributed by atoms with Gasteiger partial charge in [0.25, 0.3) is 0 Å². The van der Waals surface area contributed by atoms with Crippen molar-refractivity contribution >= 4 is 17.3 Å². The van der Waals surface area contributed by atoms with Crippen molar-refractivity contribution in [2.24, 2.45) is 0 Å². The van der Waals surface area contributed by atoms with Crippen LogP contribution in [-0.4, -0.2) is 32.8 Å². The van der Waals surface area contributed by atoms with Gasteiger partial charge in [0.15, 0.2) is 0 Å². The second kappa shape index (κ2) is 8.65. The van der Waals surface area contributed by atoms with Crippen molar-refractivity contribution in [1.82, 2.24) is 0 Å². The molecule has 0 spiro atoms. The summed E-state index contributed by atoms with van der Waals surface area (Å²) < 4.78 is 10.5. The van der Waals surface area contributed by atoms with Gasteiger partial charge in [0, 0.05) is 26.6 Å². The molecule has 2 aromatic rings. The molecule has 5 nitrogen and oxygen atoms in total. The van der Waals surface area contributed by atoms with E-state index >= 15 is 0 Å². The lowest BCUT2D eigenvalue weighted by molar-refractivity contribution is -0.115. The molecule has 1 N–H and O–H groups in total. The lowest BCUT2D eigenvalue weighted by Gasteiger charge is -2.24. The van der Waals surface area contributed by atoms with Gasteiger partial charge in [0.2, 0.25) is 5.91 Å². The second-order valence-corrected chi connectivity index (χ2v) is 6.10. The highest BCUT2D eigenvalue weighted by atomic mass is 16.5. The zero-order valence-electron chi connectivity index (χ0n) is 14.5. The molecule has 0 saturated heterocycles. The lowest BCUT2D eigenvalue weighted by Crippen LogP contribution is -2.23. The number of anilines is 2. The molecule has 0 bridgehead atoms. The van der Waals surface area contributed by atoms with Crippen LogP contribution in [0, 0.1) is 0 Å². The third-order valence-corrected chi connectivity index (χ3v) is 4.22. The van der Waals surface area contributed by atoms with Gasteiger partial charge in [-0.1, -0.05) is 36.4 Å².